The molecule has 0 bridgehead atoms. The number of carbonyl (C=O) groups is 1. The molecule has 4 heterocycles. The Bertz CT molecular complexity index is 1680. The number of rotatable bonds is 2. The lowest BCUT2D eigenvalue weighted by molar-refractivity contribution is 0.0148. The molecule has 12 heteroatoms. The smallest absolute Gasteiger partial charge is 0.410 e. The third-order valence-electron chi connectivity index (χ3n) is 6.32. The van der Waals surface area contributed by atoms with Crippen LogP contribution in [0.5, 0.6) is 0 Å². The van der Waals surface area contributed by atoms with E-state index in [1.807, 2.05) is 50.6 Å². The highest BCUT2D eigenvalue weighted by atomic mass is 28.2. The fourth-order valence-electron chi connectivity index (χ4n) is 4.55. The van der Waals surface area contributed by atoms with E-state index in [2.05, 4.69) is 37.5 Å². The number of hydrogen-bond acceptors (Lipinski definition) is 8. The summed E-state index contributed by atoms with van der Waals surface area (Å²) < 4.78 is 14.5. The Balaban J connectivity index is 1.43. The largest absolute Gasteiger partial charge is 0.444 e. The Labute approximate surface area is 228 Å². The van der Waals surface area contributed by atoms with Crippen LogP contribution in [0.15, 0.2) is 30.9 Å². The lowest BCUT2D eigenvalue weighted by Gasteiger charge is -2.28. The molecule has 3 aromatic heterocycles. The average molecular weight is 543 g/mol. The molecule has 1 aliphatic rings. The van der Waals surface area contributed by atoms with Crippen LogP contribution in [0.2, 0.25) is 5.54 Å². The number of aryl methyl sites for hydroxylation is 1. The molecule has 0 spiro atoms. The van der Waals surface area contributed by atoms with Crippen LogP contribution in [0, 0.1) is 17.5 Å². The number of nitrogens with two attached hydrogens (primary N) is 1. The van der Waals surface area contributed by atoms with Crippen molar-refractivity contribution in [1.29, 1.82) is 0 Å². The summed E-state index contributed by atoms with van der Waals surface area (Å²) in [6.45, 7) is 6.58. The third kappa shape index (κ3) is 5.66. The van der Waals surface area contributed by atoms with Crippen molar-refractivity contribution in [3.05, 3.63) is 42.1 Å². The summed E-state index contributed by atoms with van der Waals surface area (Å²) in [4.78, 5) is 27.5. The normalized spacial score (nSPS) is 17.1. The molecule has 1 fully saturated rings. The van der Waals surface area contributed by atoms with Crippen molar-refractivity contribution in [3.63, 3.8) is 0 Å². The molecule has 1 aliphatic heterocycles. The lowest BCUT2D eigenvalue weighted by Crippen LogP contribution is -2.41. The van der Waals surface area contributed by atoms with Crippen LogP contribution >= 0.6 is 0 Å². The number of fused-ring (bicyclic) bond motifs is 2. The number of ether oxygens (including phenoxy) is 2. The molecule has 4 aromatic rings. The zero-order chi connectivity index (χ0) is 27.7. The van der Waals surface area contributed by atoms with E-state index in [0.29, 0.717) is 35.7 Å². The molecule has 1 unspecified atom stereocenters. The zero-order valence-corrected chi connectivity index (χ0v) is 23.6. The Hall–Kier alpha value is -4.17. The molecule has 5 rings (SSSR count). The maximum Gasteiger partial charge on any atom is 0.410 e. The Morgan fingerprint density at radius 3 is 2.82 bits per heavy atom. The molecule has 2 N–H and O–H groups in total. The number of benzene rings is 1. The van der Waals surface area contributed by atoms with Gasteiger partial charge in [0.15, 0.2) is 5.65 Å². The molecule has 11 nitrogen and oxygen atoms in total. The number of nitrogens with zero attached hydrogens (tertiary/aromatic N) is 7. The van der Waals surface area contributed by atoms with Crippen LogP contribution in [0.1, 0.15) is 38.4 Å². The Morgan fingerprint density at radius 1 is 1.23 bits per heavy atom. The van der Waals surface area contributed by atoms with Crippen molar-refractivity contribution < 1.29 is 14.3 Å². The molecule has 2 atom stereocenters. The van der Waals surface area contributed by atoms with Crippen LogP contribution in [0.4, 0.5) is 10.6 Å². The van der Waals surface area contributed by atoms with E-state index in [1.165, 1.54) is 6.33 Å². The fourth-order valence-corrected chi connectivity index (χ4v) is 5.69. The summed E-state index contributed by atoms with van der Waals surface area (Å²) in [5, 5.41) is 5.24. The van der Waals surface area contributed by atoms with Crippen molar-refractivity contribution in [2.75, 3.05) is 26.0 Å². The van der Waals surface area contributed by atoms with Crippen LogP contribution < -0.4 is 5.73 Å². The minimum Gasteiger partial charge on any atom is -0.444 e. The van der Waals surface area contributed by atoms with Crippen LogP contribution in [-0.4, -0.2) is 81.2 Å². The van der Waals surface area contributed by atoms with Gasteiger partial charge in [0.2, 0.25) is 0 Å². The summed E-state index contributed by atoms with van der Waals surface area (Å²) in [5.74, 6) is 6.60. The van der Waals surface area contributed by atoms with E-state index in [-0.39, 0.29) is 26.6 Å². The summed E-state index contributed by atoms with van der Waals surface area (Å²) in [6, 6.07) is 5.81. The summed E-state index contributed by atoms with van der Waals surface area (Å²) >= 11 is 0. The van der Waals surface area contributed by atoms with Crippen LogP contribution in [0.3, 0.4) is 0 Å². The number of aromatic nitrogens is 6. The van der Waals surface area contributed by atoms with E-state index in [1.54, 1.807) is 23.0 Å². The minimum atomic E-state index is -0.568. The summed E-state index contributed by atoms with van der Waals surface area (Å²) in [6.07, 6.45) is 3.62. The molecule has 200 valence electrons. The highest BCUT2D eigenvalue weighted by molar-refractivity contribution is 6.26. The molecule has 1 aromatic carbocycles. The van der Waals surface area contributed by atoms with Gasteiger partial charge in [0.05, 0.1) is 35.4 Å². The van der Waals surface area contributed by atoms with E-state index in [4.69, 9.17) is 15.2 Å². The number of methoxy groups -OCH3 is 1. The predicted octanol–water partition coefficient (Wildman–Crippen LogP) is 2.61. The standard InChI is InChI=1S/C27H30N8O3Si/c1-27(2,3)38-26(36)34-12-19(11-18(34)13-37-5)39-16-35-25-23(24(28)29-14-30-25)20(32-35)8-6-17-7-9-22-21(10-17)31-15-33(22)4/h7,9-10,14-15,18-19H,11-13H2,1-5H3,(H2,28,29,30)/t18-,19?/m1/s1. The van der Waals surface area contributed by atoms with Crippen LogP contribution in [0.25, 0.3) is 22.1 Å². The van der Waals surface area contributed by atoms with Gasteiger partial charge in [-0.1, -0.05) is 5.92 Å². The molecule has 1 amide bonds. The second kappa shape index (κ2) is 10.5. The van der Waals surface area contributed by atoms with Crippen LogP contribution in [-0.2, 0) is 16.5 Å². The van der Waals surface area contributed by atoms with Crippen molar-refractivity contribution in [1.82, 2.24) is 34.2 Å². The van der Waals surface area contributed by atoms with Gasteiger partial charge in [0.1, 0.15) is 23.4 Å². The molecular weight excluding hydrogens is 512 g/mol. The Morgan fingerprint density at radius 2 is 2.05 bits per heavy atom. The highest BCUT2D eigenvalue weighted by Crippen LogP contribution is 2.28. The van der Waals surface area contributed by atoms with Gasteiger partial charge < -0.3 is 24.7 Å². The molecule has 39 heavy (non-hydrogen) atoms. The average Bonchev–Trinajstić information content (AvgIpc) is 3.56. The zero-order valence-electron chi connectivity index (χ0n) is 22.6. The second-order valence-corrected chi connectivity index (χ2v) is 11.8. The van der Waals surface area contributed by atoms with E-state index in [9.17, 15) is 4.79 Å². The highest BCUT2D eigenvalue weighted by Gasteiger charge is 2.36. The van der Waals surface area contributed by atoms with Crippen molar-refractivity contribution >= 4 is 42.9 Å². The first-order valence-electron chi connectivity index (χ1n) is 12.6. The summed E-state index contributed by atoms with van der Waals surface area (Å²) in [5.41, 5.74) is 12.9. The van der Waals surface area contributed by atoms with Gasteiger partial charge >= 0.3 is 6.09 Å². The molecular formula is C27H30N8O3Si. The van der Waals surface area contributed by atoms with Crippen molar-refractivity contribution in [2.45, 2.75) is 44.4 Å². The second-order valence-electron chi connectivity index (χ2n) is 10.5. The number of carbonyl (C=O) groups excluding carboxylic acids is 1. The van der Waals surface area contributed by atoms with Gasteiger partial charge in [0, 0.05) is 40.8 Å². The fraction of sp³-hybridized carbons (Fsp3) is 0.407. The number of imidazole rings is 1. The number of hydrogen-bond donors (Lipinski definition) is 1. The first kappa shape index (κ1) is 26.4. The third-order valence-corrected chi connectivity index (χ3v) is 7.49. The van der Waals surface area contributed by atoms with Gasteiger partial charge in [-0.2, -0.15) is 4.68 Å². The van der Waals surface area contributed by atoms with E-state index in [0.717, 1.165) is 23.0 Å². The first-order chi connectivity index (χ1) is 18.6. The van der Waals surface area contributed by atoms with Gasteiger partial charge in [-0.15, -0.1) is 5.10 Å². The van der Waals surface area contributed by atoms with Gasteiger partial charge in [-0.3, -0.25) is 0 Å². The van der Waals surface area contributed by atoms with Crippen molar-refractivity contribution in [3.8, 4) is 17.5 Å². The number of nitrogen functional groups attached to an aromatic ring is 1. The molecule has 0 aliphatic carbocycles. The quantitative estimate of drug-likeness (QED) is 0.303. The first-order valence-corrected chi connectivity index (χ1v) is 13.6. The van der Waals surface area contributed by atoms with Gasteiger partial charge in [-0.25, -0.2) is 19.7 Å². The van der Waals surface area contributed by atoms with E-state index < -0.39 is 5.60 Å². The Kier molecular flexibility index (Phi) is 7.14. The monoisotopic (exact) mass is 542 g/mol. The topological polar surface area (TPSA) is 126 Å². The minimum absolute atomic E-state index is 0.0608. The maximum absolute atomic E-state index is 12.8. The molecule has 0 radical (unpaired) electrons. The van der Waals surface area contributed by atoms with E-state index >= 15 is 0 Å². The molecule has 1 saturated heterocycles. The summed E-state index contributed by atoms with van der Waals surface area (Å²) in [7, 11) is 3.84. The maximum atomic E-state index is 12.8. The lowest BCUT2D eigenvalue weighted by atomic mass is 10.2. The number of anilines is 1. The number of likely N-dealkylation sites (tertiary alicyclic amines) is 1. The SMILES string of the molecule is COC[C@H]1CC([Si]#Cn2nc(C#Cc3ccc4c(c3)ncn4C)c3c(N)ncnc32)CN1C(=O)OC(C)(C)C. The van der Waals surface area contributed by atoms with Gasteiger partial charge in [-0.05, 0) is 56.9 Å². The number of amides is 1. The predicted molar refractivity (Wildman–Crippen MR) is 148 cm³/mol. The van der Waals surface area contributed by atoms with Gasteiger partial charge in [0.25, 0.3) is 0 Å². The molecule has 0 saturated carbocycles. The van der Waals surface area contributed by atoms with Crippen molar-refractivity contribution in [2.24, 2.45) is 7.05 Å².